The van der Waals surface area contributed by atoms with Gasteiger partial charge in [-0.25, -0.2) is 18.7 Å². The highest BCUT2D eigenvalue weighted by Gasteiger charge is 2.19. The predicted octanol–water partition coefficient (Wildman–Crippen LogP) is 4.36. The number of ether oxygens (including phenoxy) is 2. The van der Waals surface area contributed by atoms with E-state index in [0.717, 1.165) is 18.4 Å². The minimum atomic E-state index is -2.68. The highest BCUT2D eigenvalue weighted by atomic mass is 19.3. The number of nitrogens with one attached hydrogen (secondary N) is 1. The van der Waals surface area contributed by atoms with Crippen LogP contribution in [-0.4, -0.2) is 23.2 Å². The van der Waals surface area contributed by atoms with Gasteiger partial charge in [-0.1, -0.05) is 0 Å². The molecule has 1 heterocycles. The van der Waals surface area contributed by atoms with Crippen LogP contribution in [-0.2, 0) is 6.54 Å². The van der Waals surface area contributed by atoms with Gasteiger partial charge in [0, 0.05) is 30.6 Å². The Balaban J connectivity index is 1.77. The second-order valence-electron chi connectivity index (χ2n) is 5.94. The fraction of sp³-hybridized carbons (Fsp3) is 0.444. The summed E-state index contributed by atoms with van der Waals surface area (Å²) in [5.74, 6) is 1.49. The summed E-state index contributed by atoms with van der Waals surface area (Å²) in [5, 5.41) is 2.94. The maximum Gasteiger partial charge on any atom is 0.283 e. The molecule has 0 saturated heterocycles. The first kappa shape index (κ1) is 17.4. The van der Waals surface area contributed by atoms with Crippen molar-refractivity contribution in [3.8, 4) is 11.5 Å². The lowest BCUT2D eigenvalue weighted by Gasteiger charge is -2.18. The van der Waals surface area contributed by atoms with Crippen molar-refractivity contribution in [2.24, 2.45) is 0 Å². The SMILES string of the molecule is COc1ccc(CNc2nccnc2C(F)F)c(OC2CCCC2)c1. The van der Waals surface area contributed by atoms with Crippen molar-refractivity contribution >= 4 is 5.82 Å². The molecule has 1 aliphatic rings. The summed E-state index contributed by atoms with van der Waals surface area (Å²) in [6.45, 7) is 0.310. The lowest BCUT2D eigenvalue weighted by atomic mass is 10.1. The molecule has 134 valence electrons. The zero-order valence-electron chi connectivity index (χ0n) is 14.0. The molecule has 0 unspecified atom stereocenters. The minimum absolute atomic E-state index is 0.0835. The zero-order valence-corrected chi connectivity index (χ0v) is 14.0. The Kier molecular flexibility index (Phi) is 5.63. The van der Waals surface area contributed by atoms with Crippen LogP contribution in [0.25, 0.3) is 0 Å². The van der Waals surface area contributed by atoms with Gasteiger partial charge in [-0.2, -0.15) is 0 Å². The van der Waals surface area contributed by atoms with Crippen LogP contribution in [0.15, 0.2) is 30.6 Å². The van der Waals surface area contributed by atoms with Crippen molar-refractivity contribution < 1.29 is 18.3 Å². The van der Waals surface area contributed by atoms with Gasteiger partial charge in [0.1, 0.15) is 17.2 Å². The summed E-state index contributed by atoms with van der Waals surface area (Å²) in [5.41, 5.74) is 0.507. The molecular weight excluding hydrogens is 328 g/mol. The lowest BCUT2D eigenvalue weighted by Crippen LogP contribution is -2.14. The molecule has 0 bridgehead atoms. The van der Waals surface area contributed by atoms with E-state index in [0.29, 0.717) is 18.0 Å². The van der Waals surface area contributed by atoms with Crippen LogP contribution >= 0.6 is 0 Å². The highest BCUT2D eigenvalue weighted by Crippen LogP contribution is 2.31. The Bertz CT molecular complexity index is 706. The molecule has 1 fully saturated rings. The molecule has 0 radical (unpaired) electrons. The Morgan fingerprint density at radius 2 is 1.96 bits per heavy atom. The number of rotatable bonds is 7. The second kappa shape index (κ2) is 8.09. The molecule has 7 heteroatoms. The number of aromatic nitrogens is 2. The molecule has 5 nitrogen and oxygen atoms in total. The summed E-state index contributed by atoms with van der Waals surface area (Å²) in [7, 11) is 1.60. The Morgan fingerprint density at radius 1 is 1.20 bits per heavy atom. The number of anilines is 1. The van der Waals surface area contributed by atoms with Gasteiger partial charge in [-0.05, 0) is 37.8 Å². The van der Waals surface area contributed by atoms with Gasteiger partial charge in [-0.3, -0.25) is 0 Å². The van der Waals surface area contributed by atoms with E-state index in [2.05, 4.69) is 15.3 Å². The third-order valence-corrected chi connectivity index (χ3v) is 4.25. The van der Waals surface area contributed by atoms with Crippen molar-refractivity contribution in [1.82, 2.24) is 9.97 Å². The van der Waals surface area contributed by atoms with Crippen LogP contribution < -0.4 is 14.8 Å². The van der Waals surface area contributed by atoms with Gasteiger partial charge in [0.05, 0.1) is 13.2 Å². The normalized spacial score (nSPS) is 14.7. The Labute approximate surface area is 145 Å². The van der Waals surface area contributed by atoms with Crippen molar-refractivity contribution in [2.75, 3.05) is 12.4 Å². The van der Waals surface area contributed by atoms with Gasteiger partial charge in [-0.15, -0.1) is 0 Å². The summed E-state index contributed by atoms with van der Waals surface area (Å²) < 4.78 is 37.4. The molecule has 1 aromatic carbocycles. The Morgan fingerprint density at radius 3 is 2.68 bits per heavy atom. The van der Waals surface area contributed by atoms with Gasteiger partial charge in [0.25, 0.3) is 6.43 Å². The molecule has 1 saturated carbocycles. The summed E-state index contributed by atoms with van der Waals surface area (Å²) in [4.78, 5) is 7.66. The molecule has 0 aliphatic heterocycles. The number of halogens is 2. The van der Waals surface area contributed by atoms with E-state index >= 15 is 0 Å². The predicted molar refractivity (Wildman–Crippen MR) is 90.2 cm³/mol. The maximum absolute atomic E-state index is 13.0. The molecule has 1 N–H and O–H groups in total. The van der Waals surface area contributed by atoms with E-state index in [1.807, 2.05) is 18.2 Å². The van der Waals surface area contributed by atoms with Crippen LogP contribution in [0.2, 0.25) is 0 Å². The van der Waals surface area contributed by atoms with Crippen molar-refractivity contribution in [3.05, 3.63) is 41.9 Å². The van der Waals surface area contributed by atoms with Crippen LogP contribution in [0.5, 0.6) is 11.5 Å². The standard InChI is InChI=1S/C18H21F2N3O2/c1-24-14-7-6-12(15(10-14)25-13-4-2-3-5-13)11-23-18-16(17(19)20)21-8-9-22-18/h6-10,13,17H,2-5,11H2,1H3,(H,22,23). The maximum atomic E-state index is 13.0. The zero-order chi connectivity index (χ0) is 17.6. The summed E-state index contributed by atoms with van der Waals surface area (Å²) in [6, 6.07) is 5.53. The fourth-order valence-corrected chi connectivity index (χ4v) is 2.93. The molecular formula is C18H21F2N3O2. The Hall–Kier alpha value is -2.44. The van der Waals surface area contributed by atoms with E-state index in [9.17, 15) is 8.78 Å². The fourth-order valence-electron chi connectivity index (χ4n) is 2.93. The van der Waals surface area contributed by atoms with Gasteiger partial charge in [0.2, 0.25) is 0 Å². The number of hydrogen-bond donors (Lipinski definition) is 1. The van der Waals surface area contributed by atoms with E-state index < -0.39 is 6.43 Å². The largest absolute Gasteiger partial charge is 0.497 e. The van der Waals surface area contributed by atoms with E-state index in [1.54, 1.807) is 7.11 Å². The minimum Gasteiger partial charge on any atom is -0.497 e. The average Bonchev–Trinajstić information content (AvgIpc) is 3.13. The highest BCUT2D eigenvalue weighted by molar-refractivity contribution is 5.45. The van der Waals surface area contributed by atoms with Gasteiger partial charge >= 0.3 is 0 Å². The van der Waals surface area contributed by atoms with Crippen LogP contribution in [0.1, 0.15) is 43.4 Å². The summed E-state index contributed by atoms with van der Waals surface area (Å²) in [6.07, 6.45) is 4.56. The van der Waals surface area contributed by atoms with E-state index in [1.165, 1.54) is 25.2 Å². The van der Waals surface area contributed by atoms with Crippen molar-refractivity contribution in [1.29, 1.82) is 0 Å². The van der Waals surface area contributed by atoms with Crippen molar-refractivity contribution in [3.63, 3.8) is 0 Å². The van der Waals surface area contributed by atoms with Crippen molar-refractivity contribution in [2.45, 2.75) is 44.8 Å². The molecule has 1 aliphatic carbocycles. The molecule has 0 atom stereocenters. The quantitative estimate of drug-likeness (QED) is 0.805. The lowest BCUT2D eigenvalue weighted by molar-refractivity contribution is 0.146. The van der Waals surface area contributed by atoms with Crippen LogP contribution in [0.3, 0.4) is 0 Å². The van der Waals surface area contributed by atoms with Crippen LogP contribution in [0.4, 0.5) is 14.6 Å². The monoisotopic (exact) mass is 349 g/mol. The first-order valence-corrected chi connectivity index (χ1v) is 8.34. The first-order valence-electron chi connectivity index (χ1n) is 8.34. The first-order chi connectivity index (χ1) is 12.2. The number of alkyl halides is 2. The third kappa shape index (κ3) is 4.35. The second-order valence-corrected chi connectivity index (χ2v) is 5.94. The number of nitrogens with zero attached hydrogens (tertiary/aromatic N) is 2. The number of benzene rings is 1. The van der Waals surface area contributed by atoms with Gasteiger partial charge in [0.15, 0.2) is 5.82 Å². The van der Waals surface area contributed by atoms with Gasteiger partial charge < -0.3 is 14.8 Å². The average molecular weight is 349 g/mol. The third-order valence-electron chi connectivity index (χ3n) is 4.25. The number of hydrogen-bond acceptors (Lipinski definition) is 5. The molecule has 1 aromatic heterocycles. The molecule has 0 spiro atoms. The molecule has 3 rings (SSSR count). The smallest absolute Gasteiger partial charge is 0.283 e. The number of methoxy groups -OCH3 is 1. The topological polar surface area (TPSA) is 56.3 Å². The van der Waals surface area contributed by atoms with E-state index in [-0.39, 0.29) is 17.6 Å². The van der Waals surface area contributed by atoms with Crippen LogP contribution in [0, 0.1) is 0 Å². The summed E-state index contributed by atoms with van der Waals surface area (Å²) >= 11 is 0. The molecule has 25 heavy (non-hydrogen) atoms. The molecule has 0 amide bonds. The van der Waals surface area contributed by atoms with E-state index in [4.69, 9.17) is 9.47 Å². The molecule has 2 aromatic rings.